The molecule has 148 valence electrons. The van der Waals surface area contributed by atoms with Crippen molar-refractivity contribution in [1.29, 1.82) is 0 Å². The van der Waals surface area contributed by atoms with Crippen LogP contribution in [0.3, 0.4) is 0 Å². The van der Waals surface area contributed by atoms with Gasteiger partial charge in [-0.3, -0.25) is 0 Å². The fourth-order valence-electron chi connectivity index (χ4n) is 3.24. The van der Waals surface area contributed by atoms with E-state index in [0.717, 1.165) is 22.0 Å². The Bertz CT molecular complexity index is 775. The number of β-amino-alcohol motifs (C(OH)–C–C–N with tert-alkyl or cyclic N) is 1. The van der Waals surface area contributed by atoms with Crippen LogP contribution in [-0.2, 0) is 0 Å². The van der Waals surface area contributed by atoms with Crippen molar-refractivity contribution in [2.45, 2.75) is 18.4 Å². The summed E-state index contributed by atoms with van der Waals surface area (Å²) >= 11 is 0. The molecule has 1 aliphatic heterocycles. The summed E-state index contributed by atoms with van der Waals surface area (Å²) in [5.41, 5.74) is 0.977. The zero-order valence-electron chi connectivity index (χ0n) is 15.6. The fourth-order valence-corrected chi connectivity index (χ4v) is 3.24. The van der Waals surface area contributed by atoms with E-state index in [0.29, 0.717) is 26.2 Å². The predicted molar refractivity (Wildman–Crippen MR) is 103 cm³/mol. The van der Waals surface area contributed by atoms with Gasteiger partial charge in [0.15, 0.2) is 0 Å². The molecule has 3 rings (SSSR count). The molecular formula is C22H24NO5-. The van der Waals surface area contributed by atoms with Crippen molar-refractivity contribution in [2.75, 3.05) is 26.3 Å². The van der Waals surface area contributed by atoms with Gasteiger partial charge >= 0.3 is 0 Å². The second-order valence-electron chi connectivity index (χ2n) is 6.65. The SMILES string of the molecule is O=C([O-])N1CCC(c2ccc(OC/C=C/COc3ccccc3)cc2)C(O)C1. The Morgan fingerprint density at radius 2 is 1.64 bits per heavy atom. The number of aliphatic hydroxyl groups is 1. The average Bonchev–Trinajstić information content (AvgIpc) is 2.72. The maximum absolute atomic E-state index is 10.9. The molecule has 0 bridgehead atoms. The predicted octanol–water partition coefficient (Wildman–Crippen LogP) is 2.19. The number of hydrogen-bond donors (Lipinski definition) is 1. The van der Waals surface area contributed by atoms with Crippen molar-refractivity contribution in [3.63, 3.8) is 0 Å². The van der Waals surface area contributed by atoms with E-state index >= 15 is 0 Å². The van der Waals surface area contributed by atoms with Crippen LogP contribution in [-0.4, -0.2) is 48.5 Å². The molecule has 1 aliphatic rings. The van der Waals surface area contributed by atoms with Crippen molar-refractivity contribution in [3.8, 4) is 11.5 Å². The zero-order valence-corrected chi connectivity index (χ0v) is 15.6. The number of ether oxygens (including phenoxy) is 2. The van der Waals surface area contributed by atoms with Gasteiger partial charge in [-0.15, -0.1) is 0 Å². The Balaban J connectivity index is 1.42. The number of nitrogens with zero attached hydrogens (tertiary/aromatic N) is 1. The van der Waals surface area contributed by atoms with Crippen LogP contribution in [0.25, 0.3) is 0 Å². The lowest BCUT2D eigenvalue weighted by atomic mass is 9.87. The summed E-state index contributed by atoms with van der Waals surface area (Å²) in [6.07, 6.45) is 2.41. The molecule has 1 saturated heterocycles. The molecule has 6 nitrogen and oxygen atoms in total. The van der Waals surface area contributed by atoms with Gasteiger partial charge in [-0.1, -0.05) is 30.3 Å². The largest absolute Gasteiger partial charge is 0.530 e. The topological polar surface area (TPSA) is 82.1 Å². The van der Waals surface area contributed by atoms with Crippen LogP contribution >= 0.6 is 0 Å². The monoisotopic (exact) mass is 382 g/mol. The number of aliphatic hydroxyl groups excluding tert-OH is 1. The van der Waals surface area contributed by atoms with Crippen LogP contribution in [0.5, 0.6) is 11.5 Å². The van der Waals surface area contributed by atoms with E-state index in [9.17, 15) is 15.0 Å². The lowest BCUT2D eigenvalue weighted by Gasteiger charge is -2.37. The summed E-state index contributed by atoms with van der Waals surface area (Å²) in [5, 5.41) is 21.1. The molecule has 0 aliphatic carbocycles. The summed E-state index contributed by atoms with van der Waals surface area (Å²) in [5.74, 6) is 1.48. The molecule has 2 aromatic carbocycles. The van der Waals surface area contributed by atoms with Crippen LogP contribution in [0, 0.1) is 0 Å². The van der Waals surface area contributed by atoms with Crippen molar-refractivity contribution in [1.82, 2.24) is 4.90 Å². The minimum absolute atomic E-state index is 0.0836. The van der Waals surface area contributed by atoms with Gasteiger partial charge in [0.25, 0.3) is 0 Å². The van der Waals surface area contributed by atoms with E-state index in [2.05, 4.69) is 0 Å². The molecule has 2 atom stereocenters. The van der Waals surface area contributed by atoms with Gasteiger partial charge in [0.2, 0.25) is 0 Å². The molecule has 0 saturated carbocycles. The number of carbonyl (C=O) groups is 1. The Morgan fingerprint density at radius 1 is 1.04 bits per heavy atom. The maximum atomic E-state index is 10.9. The van der Waals surface area contributed by atoms with E-state index in [1.165, 1.54) is 0 Å². The molecule has 0 aromatic heterocycles. The van der Waals surface area contributed by atoms with Gasteiger partial charge in [-0.05, 0) is 48.4 Å². The van der Waals surface area contributed by atoms with Gasteiger partial charge in [-0.25, -0.2) is 0 Å². The third-order valence-electron chi connectivity index (χ3n) is 4.75. The van der Waals surface area contributed by atoms with Crippen LogP contribution in [0.1, 0.15) is 17.9 Å². The van der Waals surface area contributed by atoms with Gasteiger partial charge in [-0.2, -0.15) is 0 Å². The number of hydrogen-bond acceptors (Lipinski definition) is 5. The number of rotatable bonds is 7. The van der Waals surface area contributed by atoms with Gasteiger partial charge < -0.3 is 29.4 Å². The van der Waals surface area contributed by atoms with Crippen molar-refractivity contribution in [3.05, 3.63) is 72.3 Å². The van der Waals surface area contributed by atoms with Gasteiger partial charge in [0, 0.05) is 19.0 Å². The van der Waals surface area contributed by atoms with Crippen LogP contribution < -0.4 is 14.6 Å². The molecular weight excluding hydrogens is 358 g/mol. The zero-order chi connectivity index (χ0) is 19.8. The lowest BCUT2D eigenvalue weighted by Crippen LogP contribution is -2.50. The first-order valence-corrected chi connectivity index (χ1v) is 9.33. The summed E-state index contributed by atoms with van der Waals surface area (Å²) < 4.78 is 11.2. The van der Waals surface area contributed by atoms with E-state index < -0.39 is 12.2 Å². The molecule has 1 N–H and O–H groups in total. The number of carbonyl (C=O) groups excluding carboxylic acids is 1. The summed E-state index contributed by atoms with van der Waals surface area (Å²) in [4.78, 5) is 12.0. The smallest absolute Gasteiger partial charge is 0.137 e. The number of piperidine rings is 1. The molecule has 0 radical (unpaired) electrons. The Kier molecular flexibility index (Phi) is 6.92. The highest BCUT2D eigenvalue weighted by molar-refractivity contribution is 5.62. The van der Waals surface area contributed by atoms with Crippen molar-refractivity contribution < 1.29 is 24.5 Å². The molecule has 2 unspecified atom stereocenters. The minimum atomic E-state index is -1.23. The molecule has 1 amide bonds. The summed E-state index contributed by atoms with van der Waals surface area (Å²) in [7, 11) is 0. The number of benzene rings is 2. The first kappa shape index (κ1) is 19.8. The van der Waals surface area contributed by atoms with E-state index in [-0.39, 0.29) is 12.5 Å². The minimum Gasteiger partial charge on any atom is -0.530 e. The first-order chi connectivity index (χ1) is 13.6. The fraction of sp³-hybridized carbons (Fsp3) is 0.318. The number of amides is 1. The van der Waals surface area contributed by atoms with Crippen molar-refractivity contribution >= 4 is 6.09 Å². The highest BCUT2D eigenvalue weighted by Crippen LogP contribution is 2.29. The molecule has 2 aromatic rings. The quantitative estimate of drug-likeness (QED) is 0.743. The summed E-state index contributed by atoms with van der Waals surface area (Å²) in [6, 6.07) is 17.2. The van der Waals surface area contributed by atoms with Gasteiger partial charge in [0.05, 0.1) is 6.10 Å². The van der Waals surface area contributed by atoms with Gasteiger partial charge in [0.1, 0.15) is 30.8 Å². The first-order valence-electron chi connectivity index (χ1n) is 9.33. The Hall–Kier alpha value is -2.99. The summed E-state index contributed by atoms with van der Waals surface area (Å²) in [6.45, 7) is 1.37. The Labute approximate surface area is 164 Å². The normalized spacial score (nSPS) is 19.5. The third-order valence-corrected chi connectivity index (χ3v) is 4.75. The number of para-hydroxylation sites is 1. The van der Waals surface area contributed by atoms with Crippen molar-refractivity contribution in [2.24, 2.45) is 0 Å². The second-order valence-corrected chi connectivity index (χ2v) is 6.65. The Morgan fingerprint density at radius 3 is 2.21 bits per heavy atom. The standard InChI is InChI=1S/C22H25NO5/c24-21-16-23(22(25)26)13-12-20(21)17-8-10-19(11-9-17)28-15-5-4-14-27-18-6-2-1-3-7-18/h1-11,20-21,24H,12-16H2,(H,25,26)/p-1/b5-4+. The van der Waals surface area contributed by atoms with E-state index in [4.69, 9.17) is 9.47 Å². The van der Waals surface area contributed by atoms with Crippen LogP contribution in [0.15, 0.2) is 66.7 Å². The van der Waals surface area contributed by atoms with Crippen LogP contribution in [0.4, 0.5) is 4.79 Å². The average molecular weight is 382 g/mol. The molecule has 28 heavy (non-hydrogen) atoms. The molecule has 6 heteroatoms. The third kappa shape index (κ3) is 5.50. The highest BCUT2D eigenvalue weighted by Gasteiger charge is 2.28. The molecule has 0 spiro atoms. The van der Waals surface area contributed by atoms with E-state index in [1.54, 1.807) is 0 Å². The number of carboxylic acid groups (broad SMARTS) is 1. The van der Waals surface area contributed by atoms with E-state index in [1.807, 2.05) is 66.7 Å². The molecule has 1 heterocycles. The number of likely N-dealkylation sites (tertiary alicyclic amines) is 1. The maximum Gasteiger partial charge on any atom is 0.137 e. The van der Waals surface area contributed by atoms with Crippen LogP contribution in [0.2, 0.25) is 0 Å². The highest BCUT2D eigenvalue weighted by atomic mass is 16.5. The lowest BCUT2D eigenvalue weighted by molar-refractivity contribution is -0.268. The molecule has 1 fully saturated rings. The second kappa shape index (κ2) is 9.80.